The van der Waals surface area contributed by atoms with Crippen LogP contribution in [0, 0.1) is 0 Å². The number of methoxy groups -OCH3 is 1. The SMILES string of the molecule is COc1cc2ccccc2cc1C(=O)Nc1ccc(N2CCCC[C@@H]2C)cc1. The highest BCUT2D eigenvalue weighted by atomic mass is 16.5. The molecule has 1 saturated heterocycles. The molecule has 1 fully saturated rings. The third kappa shape index (κ3) is 3.68. The average Bonchev–Trinajstić information content (AvgIpc) is 2.73. The van der Waals surface area contributed by atoms with E-state index in [9.17, 15) is 4.79 Å². The number of nitrogens with one attached hydrogen (secondary N) is 1. The highest BCUT2D eigenvalue weighted by Crippen LogP contribution is 2.28. The molecule has 1 heterocycles. The van der Waals surface area contributed by atoms with Crippen LogP contribution in [0.2, 0.25) is 0 Å². The van der Waals surface area contributed by atoms with Crippen LogP contribution >= 0.6 is 0 Å². The zero-order valence-electron chi connectivity index (χ0n) is 16.4. The van der Waals surface area contributed by atoms with Gasteiger partial charge in [0.15, 0.2) is 0 Å². The van der Waals surface area contributed by atoms with E-state index in [4.69, 9.17) is 4.74 Å². The lowest BCUT2D eigenvalue weighted by atomic mass is 10.0. The van der Waals surface area contributed by atoms with E-state index in [0.717, 1.165) is 23.0 Å². The van der Waals surface area contributed by atoms with Gasteiger partial charge in [0.1, 0.15) is 5.75 Å². The third-order valence-corrected chi connectivity index (χ3v) is 5.57. The third-order valence-electron chi connectivity index (χ3n) is 5.57. The Morgan fingerprint density at radius 2 is 1.75 bits per heavy atom. The molecule has 1 aliphatic rings. The normalized spacial score (nSPS) is 16.8. The fourth-order valence-corrected chi connectivity index (χ4v) is 3.98. The average molecular weight is 374 g/mol. The number of nitrogens with zero attached hydrogens (tertiary/aromatic N) is 1. The molecule has 1 N–H and O–H groups in total. The first kappa shape index (κ1) is 18.4. The molecule has 4 heteroatoms. The quantitative estimate of drug-likeness (QED) is 0.657. The standard InChI is InChI=1S/C24H26N2O2/c1-17-7-5-6-14-26(17)21-12-10-20(11-13-21)25-24(27)22-15-18-8-3-4-9-19(18)16-23(22)28-2/h3-4,8-13,15-17H,5-7,14H2,1-2H3,(H,25,27)/t17-/m0/s1. The molecule has 3 aromatic rings. The molecule has 0 saturated carbocycles. The molecule has 1 atom stereocenters. The van der Waals surface area contributed by atoms with E-state index in [0.29, 0.717) is 17.4 Å². The minimum absolute atomic E-state index is 0.165. The van der Waals surface area contributed by atoms with E-state index < -0.39 is 0 Å². The first-order valence-electron chi connectivity index (χ1n) is 9.90. The van der Waals surface area contributed by atoms with Crippen LogP contribution in [0.4, 0.5) is 11.4 Å². The van der Waals surface area contributed by atoms with Crippen LogP contribution in [0.3, 0.4) is 0 Å². The van der Waals surface area contributed by atoms with Crippen molar-refractivity contribution in [2.24, 2.45) is 0 Å². The van der Waals surface area contributed by atoms with Gasteiger partial charge in [0, 0.05) is 24.0 Å². The molecule has 0 aliphatic carbocycles. The van der Waals surface area contributed by atoms with Gasteiger partial charge in [-0.3, -0.25) is 4.79 Å². The number of ether oxygens (including phenoxy) is 1. The summed E-state index contributed by atoms with van der Waals surface area (Å²) in [6.45, 7) is 3.38. The number of anilines is 2. The van der Waals surface area contributed by atoms with Crippen molar-refractivity contribution in [3.63, 3.8) is 0 Å². The summed E-state index contributed by atoms with van der Waals surface area (Å²) in [5.41, 5.74) is 2.54. The van der Waals surface area contributed by atoms with Crippen molar-refractivity contribution in [3.8, 4) is 5.75 Å². The largest absolute Gasteiger partial charge is 0.496 e. The number of hydrogen-bond acceptors (Lipinski definition) is 3. The number of carbonyl (C=O) groups is 1. The first-order chi connectivity index (χ1) is 13.7. The fraction of sp³-hybridized carbons (Fsp3) is 0.292. The summed E-state index contributed by atoms with van der Waals surface area (Å²) in [4.78, 5) is 15.3. The highest BCUT2D eigenvalue weighted by Gasteiger charge is 2.19. The summed E-state index contributed by atoms with van der Waals surface area (Å²) in [5, 5.41) is 5.07. The Hall–Kier alpha value is -3.01. The van der Waals surface area contributed by atoms with Gasteiger partial charge in [-0.2, -0.15) is 0 Å². The second-order valence-electron chi connectivity index (χ2n) is 7.44. The van der Waals surface area contributed by atoms with Gasteiger partial charge in [0.05, 0.1) is 12.7 Å². The van der Waals surface area contributed by atoms with Gasteiger partial charge in [-0.1, -0.05) is 24.3 Å². The Morgan fingerprint density at radius 3 is 2.43 bits per heavy atom. The van der Waals surface area contributed by atoms with Gasteiger partial charge in [-0.25, -0.2) is 0 Å². The second kappa shape index (κ2) is 7.93. The molecule has 0 spiro atoms. The van der Waals surface area contributed by atoms with Crippen molar-refractivity contribution < 1.29 is 9.53 Å². The van der Waals surface area contributed by atoms with Crippen molar-refractivity contribution in [1.82, 2.24) is 0 Å². The lowest BCUT2D eigenvalue weighted by Crippen LogP contribution is -2.37. The fourth-order valence-electron chi connectivity index (χ4n) is 3.98. The maximum Gasteiger partial charge on any atom is 0.259 e. The molecule has 1 aliphatic heterocycles. The first-order valence-corrected chi connectivity index (χ1v) is 9.90. The predicted octanol–water partition coefficient (Wildman–Crippen LogP) is 5.48. The molecular formula is C24H26N2O2. The predicted molar refractivity (Wildman–Crippen MR) is 116 cm³/mol. The van der Waals surface area contributed by atoms with E-state index in [1.54, 1.807) is 7.11 Å². The number of benzene rings is 3. The maximum absolute atomic E-state index is 12.9. The smallest absolute Gasteiger partial charge is 0.259 e. The van der Waals surface area contributed by atoms with Crippen LogP contribution in [-0.4, -0.2) is 25.6 Å². The van der Waals surface area contributed by atoms with Gasteiger partial charge >= 0.3 is 0 Å². The second-order valence-corrected chi connectivity index (χ2v) is 7.44. The minimum atomic E-state index is -0.165. The Labute approximate surface area is 166 Å². The molecular weight excluding hydrogens is 348 g/mol. The lowest BCUT2D eigenvalue weighted by Gasteiger charge is -2.35. The number of amides is 1. The van der Waals surface area contributed by atoms with Crippen LogP contribution in [-0.2, 0) is 0 Å². The van der Waals surface area contributed by atoms with Crippen LogP contribution < -0.4 is 15.0 Å². The Bertz CT molecular complexity index is 982. The number of piperidine rings is 1. The summed E-state index contributed by atoms with van der Waals surface area (Å²) in [7, 11) is 1.59. The van der Waals surface area contributed by atoms with E-state index in [1.807, 2.05) is 48.5 Å². The summed E-state index contributed by atoms with van der Waals surface area (Å²) in [6, 6.07) is 20.5. The molecule has 0 aromatic heterocycles. The van der Waals surface area contributed by atoms with Crippen LogP contribution in [0.25, 0.3) is 10.8 Å². The summed E-state index contributed by atoms with van der Waals surface area (Å²) >= 11 is 0. The molecule has 3 aromatic carbocycles. The summed E-state index contributed by atoms with van der Waals surface area (Å²) in [5.74, 6) is 0.414. The van der Waals surface area contributed by atoms with Gasteiger partial charge in [0.2, 0.25) is 0 Å². The maximum atomic E-state index is 12.9. The number of hydrogen-bond donors (Lipinski definition) is 1. The van der Waals surface area contributed by atoms with Crippen molar-refractivity contribution in [2.45, 2.75) is 32.2 Å². The van der Waals surface area contributed by atoms with E-state index >= 15 is 0 Å². The highest BCUT2D eigenvalue weighted by molar-refractivity contribution is 6.08. The van der Waals surface area contributed by atoms with Crippen molar-refractivity contribution in [2.75, 3.05) is 23.9 Å². The Morgan fingerprint density at radius 1 is 1.04 bits per heavy atom. The molecule has 0 unspecified atom stereocenters. The molecule has 144 valence electrons. The monoisotopic (exact) mass is 374 g/mol. The van der Waals surface area contributed by atoms with Crippen LogP contribution in [0.15, 0.2) is 60.7 Å². The zero-order chi connectivity index (χ0) is 19.5. The molecule has 4 nitrogen and oxygen atoms in total. The van der Waals surface area contributed by atoms with E-state index in [-0.39, 0.29) is 5.91 Å². The van der Waals surface area contributed by atoms with Crippen LogP contribution in [0.5, 0.6) is 5.75 Å². The van der Waals surface area contributed by atoms with E-state index in [1.165, 1.54) is 24.9 Å². The van der Waals surface area contributed by atoms with Crippen molar-refractivity contribution in [1.29, 1.82) is 0 Å². The molecule has 1 amide bonds. The van der Waals surface area contributed by atoms with Gasteiger partial charge in [-0.05, 0) is 73.4 Å². The van der Waals surface area contributed by atoms with Crippen LogP contribution in [0.1, 0.15) is 36.5 Å². The Balaban J connectivity index is 1.54. The van der Waals surface area contributed by atoms with Crippen molar-refractivity contribution in [3.05, 3.63) is 66.2 Å². The lowest BCUT2D eigenvalue weighted by molar-refractivity contribution is 0.102. The molecule has 4 rings (SSSR count). The molecule has 0 radical (unpaired) electrons. The summed E-state index contributed by atoms with van der Waals surface area (Å²) < 4.78 is 5.46. The number of carbonyl (C=O) groups excluding carboxylic acids is 1. The number of rotatable bonds is 4. The molecule has 28 heavy (non-hydrogen) atoms. The van der Waals surface area contributed by atoms with Crippen molar-refractivity contribution >= 4 is 28.1 Å². The van der Waals surface area contributed by atoms with E-state index in [2.05, 4.69) is 29.3 Å². The topological polar surface area (TPSA) is 41.6 Å². The minimum Gasteiger partial charge on any atom is -0.496 e. The summed E-state index contributed by atoms with van der Waals surface area (Å²) in [6.07, 6.45) is 3.78. The Kier molecular flexibility index (Phi) is 5.20. The number of fused-ring (bicyclic) bond motifs is 1. The van der Waals surface area contributed by atoms with Gasteiger partial charge in [0.25, 0.3) is 5.91 Å². The molecule has 0 bridgehead atoms. The zero-order valence-corrected chi connectivity index (χ0v) is 16.4. The van der Waals surface area contributed by atoms with Gasteiger partial charge in [-0.15, -0.1) is 0 Å². The van der Waals surface area contributed by atoms with Gasteiger partial charge < -0.3 is 15.0 Å².